The van der Waals surface area contributed by atoms with Crippen molar-refractivity contribution in [3.8, 4) is 5.75 Å². The number of amidine groups is 1. The Morgan fingerprint density at radius 1 is 1.02 bits per heavy atom. The Hall–Kier alpha value is -5.51. The molecule has 3 aromatic carbocycles. The Labute approximate surface area is 248 Å². The van der Waals surface area contributed by atoms with E-state index in [0.29, 0.717) is 34.1 Å². The molecule has 0 radical (unpaired) electrons. The van der Waals surface area contributed by atoms with Crippen molar-refractivity contribution < 1.29 is 23.9 Å². The number of hydrogen-bond acceptors (Lipinski definition) is 7. The van der Waals surface area contributed by atoms with Gasteiger partial charge in [0.25, 0.3) is 0 Å². The lowest BCUT2D eigenvalue weighted by atomic mass is 10.0. The highest BCUT2D eigenvalue weighted by Crippen LogP contribution is 2.29. The topological polar surface area (TPSA) is 141 Å². The Kier molecular flexibility index (Phi) is 8.47. The number of para-hydroxylation sites is 1. The summed E-state index contributed by atoms with van der Waals surface area (Å²) in [6, 6.07) is 21.3. The van der Waals surface area contributed by atoms with Crippen LogP contribution >= 0.6 is 0 Å². The number of aromatic nitrogens is 2. The molecule has 43 heavy (non-hydrogen) atoms. The molecule has 0 aliphatic heterocycles. The van der Waals surface area contributed by atoms with Crippen LogP contribution in [0.5, 0.6) is 5.75 Å². The SMILES string of the molecule is CCOC(=O)CN(C(=O)Oc1ccc2c(c1)c(C(=O)CCc1ccc(C(=N)N)cc1)cn2C)c1cccc2cccnc12. The number of carbonyl (C=O) groups is 3. The summed E-state index contributed by atoms with van der Waals surface area (Å²) in [7, 11) is 1.85. The second-order valence-corrected chi connectivity index (χ2v) is 9.98. The summed E-state index contributed by atoms with van der Waals surface area (Å²) in [5.41, 5.74) is 9.37. The molecule has 0 fully saturated rings. The minimum Gasteiger partial charge on any atom is -0.465 e. The lowest BCUT2D eigenvalue weighted by Crippen LogP contribution is -2.38. The summed E-state index contributed by atoms with van der Waals surface area (Å²) < 4.78 is 12.7. The number of esters is 1. The number of aryl methyl sites for hydroxylation is 2. The van der Waals surface area contributed by atoms with Gasteiger partial charge in [-0.1, -0.05) is 42.5 Å². The molecule has 0 unspecified atom stereocenters. The van der Waals surface area contributed by atoms with E-state index < -0.39 is 12.1 Å². The van der Waals surface area contributed by atoms with E-state index in [1.165, 1.54) is 4.90 Å². The Morgan fingerprint density at radius 2 is 1.79 bits per heavy atom. The van der Waals surface area contributed by atoms with Crippen molar-refractivity contribution >= 4 is 51.2 Å². The standard InChI is InChI=1S/C33H31N5O5/c1-3-42-30(40)20-38(28-8-4-6-22-7-5-17-36-31(22)28)33(41)43-24-14-15-27-25(18-24)26(19-37(27)2)29(39)16-11-21-9-12-23(13-10-21)32(34)35/h4-10,12-15,17-19H,3,11,16,20H2,1-2H3,(H3,34,35). The van der Waals surface area contributed by atoms with Crippen LogP contribution in [-0.2, 0) is 23.0 Å². The van der Waals surface area contributed by atoms with Crippen LogP contribution in [0.1, 0.15) is 34.8 Å². The smallest absolute Gasteiger partial charge is 0.420 e. The third kappa shape index (κ3) is 6.38. The van der Waals surface area contributed by atoms with Crippen LogP contribution in [0.2, 0.25) is 0 Å². The molecule has 0 aliphatic carbocycles. The number of pyridine rings is 1. The molecule has 3 N–H and O–H groups in total. The minimum absolute atomic E-state index is 0.00677. The Bertz CT molecular complexity index is 1840. The first kappa shape index (κ1) is 29.0. The van der Waals surface area contributed by atoms with E-state index in [1.54, 1.807) is 67.8 Å². The van der Waals surface area contributed by atoms with Gasteiger partial charge in [-0.2, -0.15) is 0 Å². The first-order valence-electron chi connectivity index (χ1n) is 13.8. The normalized spacial score (nSPS) is 10.9. The number of rotatable bonds is 10. The molecule has 0 bridgehead atoms. The highest BCUT2D eigenvalue weighted by atomic mass is 16.6. The van der Waals surface area contributed by atoms with Crippen molar-refractivity contribution in [3.05, 3.63) is 102 Å². The Balaban J connectivity index is 1.40. The van der Waals surface area contributed by atoms with Crippen LogP contribution < -0.4 is 15.4 Å². The number of nitrogens with zero attached hydrogens (tertiary/aromatic N) is 3. The van der Waals surface area contributed by atoms with Gasteiger partial charge in [0.05, 0.1) is 17.8 Å². The zero-order valence-electron chi connectivity index (χ0n) is 23.9. The van der Waals surface area contributed by atoms with Crippen LogP contribution in [0.3, 0.4) is 0 Å². The van der Waals surface area contributed by atoms with Crippen molar-refractivity contribution in [2.24, 2.45) is 12.8 Å². The maximum Gasteiger partial charge on any atom is 0.420 e. The van der Waals surface area contributed by atoms with Crippen molar-refractivity contribution in [1.82, 2.24) is 9.55 Å². The van der Waals surface area contributed by atoms with Gasteiger partial charge in [0.1, 0.15) is 18.1 Å². The zero-order chi connectivity index (χ0) is 30.5. The summed E-state index contributed by atoms with van der Waals surface area (Å²) in [5, 5.41) is 8.98. The van der Waals surface area contributed by atoms with E-state index >= 15 is 0 Å². The molecular weight excluding hydrogens is 546 g/mol. The number of carbonyl (C=O) groups excluding carboxylic acids is 3. The molecule has 5 rings (SSSR count). The number of amides is 1. The van der Waals surface area contributed by atoms with Gasteiger partial charge in [-0.05, 0) is 49.2 Å². The third-order valence-electron chi connectivity index (χ3n) is 7.09. The average molecular weight is 578 g/mol. The van der Waals surface area contributed by atoms with Crippen LogP contribution in [0.4, 0.5) is 10.5 Å². The maximum absolute atomic E-state index is 13.6. The highest BCUT2D eigenvalue weighted by molar-refractivity contribution is 6.09. The lowest BCUT2D eigenvalue weighted by Gasteiger charge is -2.22. The van der Waals surface area contributed by atoms with Gasteiger partial charge < -0.3 is 19.8 Å². The van der Waals surface area contributed by atoms with Crippen molar-refractivity contribution in [2.75, 3.05) is 18.1 Å². The summed E-state index contributed by atoms with van der Waals surface area (Å²) in [6.07, 6.45) is 3.38. The molecular formula is C33H31N5O5. The molecule has 5 aromatic rings. The van der Waals surface area contributed by atoms with E-state index in [4.69, 9.17) is 20.6 Å². The molecule has 218 valence electrons. The van der Waals surface area contributed by atoms with Crippen molar-refractivity contribution in [2.45, 2.75) is 19.8 Å². The van der Waals surface area contributed by atoms with Crippen LogP contribution in [-0.4, -0.2) is 46.4 Å². The molecule has 0 saturated heterocycles. The fraction of sp³-hybridized carbons (Fsp3) is 0.182. The summed E-state index contributed by atoms with van der Waals surface area (Å²) in [6.45, 7) is 1.49. The second-order valence-electron chi connectivity index (χ2n) is 9.98. The van der Waals surface area contributed by atoms with Gasteiger partial charge in [0.2, 0.25) is 0 Å². The highest BCUT2D eigenvalue weighted by Gasteiger charge is 2.25. The second kappa shape index (κ2) is 12.6. The van der Waals surface area contributed by atoms with Gasteiger partial charge in [0.15, 0.2) is 5.78 Å². The number of fused-ring (bicyclic) bond motifs is 2. The third-order valence-corrected chi connectivity index (χ3v) is 7.09. The number of hydrogen-bond donors (Lipinski definition) is 2. The minimum atomic E-state index is -0.789. The molecule has 2 aromatic heterocycles. The predicted octanol–water partition coefficient (Wildman–Crippen LogP) is 5.39. The molecule has 10 nitrogen and oxygen atoms in total. The molecule has 10 heteroatoms. The van der Waals surface area contributed by atoms with Crippen molar-refractivity contribution in [1.29, 1.82) is 5.41 Å². The number of nitrogens with one attached hydrogen (secondary N) is 1. The lowest BCUT2D eigenvalue weighted by molar-refractivity contribution is -0.141. The molecule has 0 spiro atoms. The number of nitrogens with two attached hydrogens (primary N) is 1. The van der Waals surface area contributed by atoms with Gasteiger partial charge in [-0.3, -0.25) is 24.9 Å². The van der Waals surface area contributed by atoms with Crippen molar-refractivity contribution in [3.63, 3.8) is 0 Å². The largest absolute Gasteiger partial charge is 0.465 e. The number of ketones is 1. The monoisotopic (exact) mass is 577 g/mol. The maximum atomic E-state index is 13.6. The summed E-state index contributed by atoms with van der Waals surface area (Å²) in [5.74, 6) is -0.433. The molecule has 2 heterocycles. The van der Waals surface area contributed by atoms with Gasteiger partial charge >= 0.3 is 12.1 Å². The molecule has 1 amide bonds. The van der Waals surface area contributed by atoms with Gasteiger partial charge in [0, 0.05) is 53.3 Å². The quantitative estimate of drug-likeness (QED) is 0.0981. The molecule has 0 aliphatic rings. The number of nitrogen functional groups attached to an aromatic ring is 1. The Morgan fingerprint density at radius 3 is 2.53 bits per heavy atom. The number of anilines is 1. The van der Waals surface area contributed by atoms with E-state index in [-0.39, 0.29) is 36.9 Å². The first-order valence-corrected chi connectivity index (χ1v) is 13.8. The van der Waals surface area contributed by atoms with E-state index in [9.17, 15) is 14.4 Å². The van der Waals surface area contributed by atoms with Gasteiger partial charge in [-0.15, -0.1) is 0 Å². The van der Waals surface area contributed by atoms with E-state index in [1.807, 2.05) is 35.9 Å². The molecule has 0 saturated carbocycles. The fourth-order valence-corrected chi connectivity index (χ4v) is 4.95. The predicted molar refractivity (Wildman–Crippen MR) is 165 cm³/mol. The summed E-state index contributed by atoms with van der Waals surface area (Å²) in [4.78, 5) is 45.0. The van der Waals surface area contributed by atoms with Crippen LogP contribution in [0, 0.1) is 5.41 Å². The van der Waals surface area contributed by atoms with Crippen LogP contribution in [0.25, 0.3) is 21.8 Å². The first-order chi connectivity index (χ1) is 20.7. The zero-order valence-corrected chi connectivity index (χ0v) is 23.9. The summed E-state index contributed by atoms with van der Waals surface area (Å²) >= 11 is 0. The van der Waals surface area contributed by atoms with E-state index in [2.05, 4.69) is 4.98 Å². The average Bonchev–Trinajstić information content (AvgIpc) is 3.34. The fourth-order valence-electron chi connectivity index (χ4n) is 4.95. The van der Waals surface area contributed by atoms with Gasteiger partial charge in [-0.25, -0.2) is 4.79 Å². The van der Waals surface area contributed by atoms with Crippen LogP contribution in [0.15, 0.2) is 85.2 Å². The number of benzene rings is 3. The molecule has 0 atom stereocenters. The van der Waals surface area contributed by atoms with E-state index in [0.717, 1.165) is 16.5 Å². The number of ether oxygens (including phenoxy) is 2. The number of Topliss-reactive ketones (excluding diaryl/α,β-unsaturated/α-hetero) is 1.